The third-order valence-electron chi connectivity index (χ3n) is 3.16. The largest absolute Gasteiger partial charge is 0.398 e. The molecule has 0 fully saturated rings. The number of rotatable bonds is 4. The van der Waals surface area contributed by atoms with Crippen molar-refractivity contribution in [3.8, 4) is 0 Å². The lowest BCUT2D eigenvalue weighted by molar-refractivity contribution is 0.100. The summed E-state index contributed by atoms with van der Waals surface area (Å²) in [5.41, 5.74) is 14.7. The van der Waals surface area contributed by atoms with Gasteiger partial charge in [-0.2, -0.15) is 0 Å². The standard InChI is InChI=1S/C16H19N3O/c1-10(2)11-4-3-5-12(8-11)19-13-6-7-15(17)14(9-13)16(18)20/h3-10,19H,17H2,1-2H3,(H2,18,20). The van der Waals surface area contributed by atoms with Crippen molar-refractivity contribution in [1.82, 2.24) is 0 Å². The van der Waals surface area contributed by atoms with Crippen molar-refractivity contribution in [2.75, 3.05) is 11.1 Å². The van der Waals surface area contributed by atoms with E-state index in [-0.39, 0.29) is 0 Å². The second-order valence-corrected chi connectivity index (χ2v) is 5.07. The minimum Gasteiger partial charge on any atom is -0.398 e. The molecular weight excluding hydrogens is 250 g/mol. The van der Waals surface area contributed by atoms with Crippen molar-refractivity contribution >= 4 is 23.0 Å². The van der Waals surface area contributed by atoms with Crippen LogP contribution in [0.25, 0.3) is 0 Å². The SMILES string of the molecule is CC(C)c1cccc(Nc2ccc(N)c(C(N)=O)c2)c1. The molecule has 2 rings (SSSR count). The fraction of sp³-hybridized carbons (Fsp3) is 0.188. The molecule has 0 bridgehead atoms. The third-order valence-corrected chi connectivity index (χ3v) is 3.16. The van der Waals surface area contributed by atoms with Gasteiger partial charge in [0.15, 0.2) is 0 Å². The van der Waals surface area contributed by atoms with Gasteiger partial charge in [-0.3, -0.25) is 4.79 Å². The zero-order valence-corrected chi connectivity index (χ0v) is 11.7. The first-order valence-corrected chi connectivity index (χ1v) is 6.53. The lowest BCUT2D eigenvalue weighted by atomic mass is 10.0. The van der Waals surface area contributed by atoms with Crippen molar-refractivity contribution in [2.24, 2.45) is 5.73 Å². The minimum absolute atomic E-state index is 0.329. The van der Waals surface area contributed by atoms with E-state index < -0.39 is 5.91 Å². The average molecular weight is 269 g/mol. The van der Waals surface area contributed by atoms with Crippen LogP contribution in [0.2, 0.25) is 0 Å². The van der Waals surface area contributed by atoms with E-state index in [0.29, 0.717) is 17.2 Å². The monoisotopic (exact) mass is 269 g/mol. The highest BCUT2D eigenvalue weighted by Gasteiger charge is 2.07. The molecule has 0 aliphatic carbocycles. The lowest BCUT2D eigenvalue weighted by Crippen LogP contribution is -2.13. The second kappa shape index (κ2) is 5.65. The van der Waals surface area contributed by atoms with Crippen LogP contribution in [-0.2, 0) is 0 Å². The van der Waals surface area contributed by atoms with E-state index in [2.05, 4.69) is 31.3 Å². The summed E-state index contributed by atoms with van der Waals surface area (Å²) in [5.74, 6) is -0.0635. The number of nitrogens with one attached hydrogen (secondary N) is 1. The fourth-order valence-electron chi connectivity index (χ4n) is 1.99. The Morgan fingerprint density at radius 1 is 1.10 bits per heavy atom. The van der Waals surface area contributed by atoms with Crippen LogP contribution < -0.4 is 16.8 Å². The van der Waals surface area contributed by atoms with E-state index in [1.165, 1.54) is 5.56 Å². The van der Waals surface area contributed by atoms with Gasteiger partial charge in [-0.25, -0.2) is 0 Å². The van der Waals surface area contributed by atoms with Crippen molar-refractivity contribution in [3.63, 3.8) is 0 Å². The number of carbonyl (C=O) groups is 1. The smallest absolute Gasteiger partial charge is 0.250 e. The highest BCUT2D eigenvalue weighted by molar-refractivity contribution is 5.99. The molecule has 0 aliphatic heterocycles. The number of hydrogen-bond acceptors (Lipinski definition) is 3. The van der Waals surface area contributed by atoms with E-state index in [4.69, 9.17) is 11.5 Å². The molecule has 2 aromatic rings. The van der Waals surface area contributed by atoms with Gasteiger partial charge < -0.3 is 16.8 Å². The van der Waals surface area contributed by atoms with Crippen molar-refractivity contribution in [1.29, 1.82) is 0 Å². The number of hydrogen-bond donors (Lipinski definition) is 3. The first-order chi connectivity index (χ1) is 9.47. The molecule has 0 atom stereocenters. The van der Waals surface area contributed by atoms with E-state index >= 15 is 0 Å². The summed E-state index contributed by atoms with van der Waals surface area (Å²) in [6.45, 7) is 4.29. The van der Waals surface area contributed by atoms with Gasteiger partial charge in [-0.05, 0) is 41.8 Å². The van der Waals surface area contributed by atoms with E-state index in [1.54, 1.807) is 12.1 Å². The molecule has 20 heavy (non-hydrogen) atoms. The minimum atomic E-state index is -0.526. The highest BCUT2D eigenvalue weighted by Crippen LogP contribution is 2.24. The van der Waals surface area contributed by atoms with Gasteiger partial charge in [-0.15, -0.1) is 0 Å². The molecule has 104 valence electrons. The van der Waals surface area contributed by atoms with Crippen LogP contribution in [0.1, 0.15) is 35.7 Å². The number of nitrogen functional groups attached to an aromatic ring is 1. The number of amides is 1. The van der Waals surface area contributed by atoms with Gasteiger partial charge >= 0.3 is 0 Å². The molecule has 4 nitrogen and oxygen atoms in total. The van der Waals surface area contributed by atoms with Gasteiger partial charge in [0.1, 0.15) is 0 Å². The zero-order valence-electron chi connectivity index (χ0n) is 11.7. The maximum absolute atomic E-state index is 11.3. The van der Waals surface area contributed by atoms with Gasteiger partial charge in [0.05, 0.1) is 5.56 Å². The lowest BCUT2D eigenvalue weighted by Gasteiger charge is -2.11. The number of carbonyl (C=O) groups excluding carboxylic acids is 1. The molecular formula is C16H19N3O. The predicted octanol–water partition coefficient (Wildman–Crippen LogP) is 3.23. The third kappa shape index (κ3) is 3.09. The highest BCUT2D eigenvalue weighted by atomic mass is 16.1. The first-order valence-electron chi connectivity index (χ1n) is 6.53. The van der Waals surface area contributed by atoms with Crippen LogP contribution in [0.15, 0.2) is 42.5 Å². The van der Waals surface area contributed by atoms with Gasteiger partial charge in [0.25, 0.3) is 5.91 Å². The topological polar surface area (TPSA) is 81.1 Å². The van der Waals surface area contributed by atoms with Crippen LogP contribution in [0.3, 0.4) is 0 Å². The van der Waals surface area contributed by atoms with Crippen molar-refractivity contribution < 1.29 is 4.79 Å². The maximum Gasteiger partial charge on any atom is 0.250 e. The van der Waals surface area contributed by atoms with E-state index in [1.807, 2.05) is 18.2 Å². The summed E-state index contributed by atoms with van der Waals surface area (Å²) in [6, 6.07) is 13.3. The van der Waals surface area contributed by atoms with Crippen molar-refractivity contribution in [3.05, 3.63) is 53.6 Å². The number of primary amides is 1. The molecule has 0 saturated heterocycles. The van der Waals surface area contributed by atoms with Crippen LogP contribution in [-0.4, -0.2) is 5.91 Å². The van der Waals surface area contributed by atoms with Gasteiger partial charge in [0.2, 0.25) is 0 Å². The van der Waals surface area contributed by atoms with Crippen LogP contribution >= 0.6 is 0 Å². The zero-order chi connectivity index (χ0) is 14.7. The van der Waals surface area contributed by atoms with Gasteiger partial charge in [-0.1, -0.05) is 26.0 Å². The molecule has 0 unspecified atom stereocenters. The molecule has 2 aromatic carbocycles. The fourth-order valence-corrected chi connectivity index (χ4v) is 1.99. The summed E-state index contributed by atoms with van der Waals surface area (Å²) < 4.78 is 0. The van der Waals surface area contributed by atoms with Gasteiger partial charge in [0, 0.05) is 17.1 Å². The van der Waals surface area contributed by atoms with Crippen LogP contribution in [0, 0.1) is 0 Å². The molecule has 0 aromatic heterocycles. The number of nitrogens with two attached hydrogens (primary N) is 2. The second-order valence-electron chi connectivity index (χ2n) is 5.07. The average Bonchev–Trinajstić information content (AvgIpc) is 2.41. The normalized spacial score (nSPS) is 10.6. The molecule has 4 heteroatoms. The Bertz CT molecular complexity index is 635. The quantitative estimate of drug-likeness (QED) is 0.745. The summed E-state index contributed by atoms with van der Waals surface area (Å²) in [4.78, 5) is 11.3. The number of anilines is 3. The summed E-state index contributed by atoms with van der Waals surface area (Å²) in [5, 5.41) is 3.26. The van der Waals surface area contributed by atoms with E-state index in [0.717, 1.165) is 11.4 Å². The summed E-state index contributed by atoms with van der Waals surface area (Å²) in [7, 11) is 0. The van der Waals surface area contributed by atoms with Crippen molar-refractivity contribution in [2.45, 2.75) is 19.8 Å². The molecule has 1 amide bonds. The molecule has 0 heterocycles. The molecule has 0 radical (unpaired) electrons. The molecule has 0 spiro atoms. The Morgan fingerprint density at radius 3 is 2.45 bits per heavy atom. The van der Waals surface area contributed by atoms with E-state index in [9.17, 15) is 4.79 Å². The Hall–Kier alpha value is -2.49. The Labute approximate surface area is 118 Å². The maximum atomic E-state index is 11.3. The predicted molar refractivity (Wildman–Crippen MR) is 83.2 cm³/mol. The van der Waals surface area contributed by atoms with Crippen LogP contribution in [0.5, 0.6) is 0 Å². The molecule has 0 saturated carbocycles. The Morgan fingerprint density at radius 2 is 1.80 bits per heavy atom. The summed E-state index contributed by atoms with van der Waals surface area (Å²) >= 11 is 0. The molecule has 0 aliphatic rings. The Kier molecular flexibility index (Phi) is 3.94. The summed E-state index contributed by atoms with van der Waals surface area (Å²) in [6.07, 6.45) is 0. The first kappa shape index (κ1) is 13.9. The molecule has 5 N–H and O–H groups in total. The number of benzene rings is 2. The van der Waals surface area contributed by atoms with Crippen LogP contribution in [0.4, 0.5) is 17.1 Å². The Balaban J connectivity index is 2.28.